The number of phenols is 1. The minimum atomic E-state index is -1.04. The molecule has 1 unspecified atom stereocenters. The van der Waals surface area contributed by atoms with Crippen LogP contribution in [0, 0.1) is 0 Å². The zero-order chi connectivity index (χ0) is 19.1. The van der Waals surface area contributed by atoms with Gasteiger partial charge in [0.25, 0.3) is 0 Å². The molecule has 3 N–H and O–H groups in total. The second kappa shape index (κ2) is 6.87. The first-order valence-corrected chi connectivity index (χ1v) is 9.39. The van der Waals surface area contributed by atoms with Crippen LogP contribution in [0.25, 0.3) is 22.4 Å². The lowest BCUT2D eigenvalue weighted by molar-refractivity contribution is 0.0425. The zero-order valence-electron chi connectivity index (χ0n) is 15.0. The summed E-state index contributed by atoms with van der Waals surface area (Å²) in [6, 6.07) is 5.51. The van der Waals surface area contributed by atoms with Crippen molar-refractivity contribution in [3.05, 3.63) is 43.0 Å². The molecule has 0 aliphatic carbocycles. The van der Waals surface area contributed by atoms with E-state index in [0.29, 0.717) is 29.6 Å². The van der Waals surface area contributed by atoms with Crippen LogP contribution in [0.1, 0.15) is 19.3 Å². The van der Waals surface area contributed by atoms with Gasteiger partial charge in [0.1, 0.15) is 11.9 Å². The summed E-state index contributed by atoms with van der Waals surface area (Å²) in [5.74, 6) is 0.396. The Hall–Kier alpha value is -3.00. The summed E-state index contributed by atoms with van der Waals surface area (Å²) in [5.41, 5.74) is 2.81. The summed E-state index contributed by atoms with van der Waals surface area (Å²) in [6.07, 6.45) is 7.39. The highest BCUT2D eigenvalue weighted by atomic mass is 19.1. The lowest BCUT2D eigenvalue weighted by Crippen LogP contribution is -2.51. The molecule has 1 aromatic carbocycles. The normalized spacial score (nSPS) is 26.3. The monoisotopic (exact) mass is 381 g/mol. The van der Waals surface area contributed by atoms with Crippen LogP contribution in [0.3, 0.4) is 0 Å². The van der Waals surface area contributed by atoms with Crippen LogP contribution in [0.15, 0.2) is 43.0 Å². The van der Waals surface area contributed by atoms with E-state index in [1.807, 2.05) is 6.07 Å². The molecule has 144 valence electrons. The largest absolute Gasteiger partial charge is 0.507 e. The molecule has 3 aromatic rings. The van der Waals surface area contributed by atoms with Crippen molar-refractivity contribution in [3.63, 3.8) is 0 Å². The summed E-state index contributed by atoms with van der Waals surface area (Å²) in [5, 5.41) is 20.3. The highest BCUT2D eigenvalue weighted by Crippen LogP contribution is 2.33. The quantitative estimate of drug-likeness (QED) is 0.643. The van der Waals surface area contributed by atoms with Gasteiger partial charge in [-0.15, -0.1) is 0 Å². The Kier molecular flexibility index (Phi) is 4.20. The summed E-state index contributed by atoms with van der Waals surface area (Å²) in [7, 11) is 0. The molecule has 5 rings (SSSR count). The number of nitrogens with one attached hydrogen (secondary N) is 2. The van der Waals surface area contributed by atoms with Crippen LogP contribution in [-0.2, 0) is 0 Å². The number of aromatic hydroxyl groups is 1. The van der Waals surface area contributed by atoms with Crippen molar-refractivity contribution in [2.75, 3.05) is 0 Å². The molecule has 0 saturated carbocycles. The maximum absolute atomic E-state index is 14.5. The molecule has 2 fully saturated rings. The van der Waals surface area contributed by atoms with Crippen molar-refractivity contribution in [2.24, 2.45) is 0 Å². The van der Waals surface area contributed by atoms with Gasteiger partial charge in [-0.3, -0.25) is 5.10 Å². The Bertz CT molecular complexity index is 963. The van der Waals surface area contributed by atoms with Crippen LogP contribution < -0.4 is 10.1 Å². The number of hydrogen-bond donors (Lipinski definition) is 3. The first-order valence-electron chi connectivity index (χ1n) is 9.39. The Balaban J connectivity index is 1.32. The Morgan fingerprint density at radius 2 is 2.04 bits per heavy atom. The number of aromatic amines is 1. The number of hydrogen-bond acceptors (Lipinski definition) is 6. The first kappa shape index (κ1) is 17.1. The third-order valence-electron chi connectivity index (χ3n) is 5.54. The second-order valence-corrected chi connectivity index (χ2v) is 7.34. The molecule has 2 aromatic heterocycles. The fourth-order valence-electron chi connectivity index (χ4n) is 4.08. The van der Waals surface area contributed by atoms with E-state index in [4.69, 9.17) is 4.74 Å². The first-order chi connectivity index (χ1) is 13.7. The minimum absolute atomic E-state index is 0.0976. The topological polar surface area (TPSA) is 96.0 Å². The molecule has 0 amide bonds. The summed E-state index contributed by atoms with van der Waals surface area (Å²) in [6.45, 7) is 0. The van der Waals surface area contributed by atoms with Crippen molar-refractivity contribution in [1.82, 2.24) is 25.5 Å². The van der Waals surface area contributed by atoms with E-state index in [2.05, 4.69) is 25.5 Å². The smallest absolute Gasteiger partial charge is 0.232 e. The average molecular weight is 381 g/mol. The number of phenolic OH excluding ortho intramolecular Hbond substituents is 1. The van der Waals surface area contributed by atoms with Crippen LogP contribution in [0.5, 0.6) is 11.6 Å². The number of nitrogens with zero attached hydrogens (tertiary/aromatic N) is 3. The third kappa shape index (κ3) is 3.09. The number of fused-ring (bicyclic) bond motifs is 2. The summed E-state index contributed by atoms with van der Waals surface area (Å²) in [4.78, 5) is 8.61. The molecule has 4 atom stereocenters. The van der Waals surface area contributed by atoms with E-state index < -0.39 is 12.3 Å². The zero-order valence-corrected chi connectivity index (χ0v) is 15.0. The van der Waals surface area contributed by atoms with E-state index in [0.717, 1.165) is 24.0 Å². The van der Waals surface area contributed by atoms with Crippen molar-refractivity contribution in [3.8, 4) is 34.0 Å². The second-order valence-electron chi connectivity index (χ2n) is 7.34. The molecule has 4 heterocycles. The molecule has 2 aliphatic rings. The van der Waals surface area contributed by atoms with Crippen molar-refractivity contribution >= 4 is 0 Å². The standard InChI is InChI=1S/C20H20FN5O2/c21-20-15-4-2-13(26-15)6-18(20)28-19-10-22-16(9-23-19)14-3-1-11(5-17(14)27)12-7-24-25-8-12/h1,3,5,7-10,13,15,18,20,26-27H,2,4,6H2,(H,24,25)/t13-,15?,18-,20-/m0/s1. The Morgan fingerprint density at radius 1 is 1.11 bits per heavy atom. The van der Waals surface area contributed by atoms with Gasteiger partial charge in [0.15, 0.2) is 6.17 Å². The van der Waals surface area contributed by atoms with Gasteiger partial charge in [0.05, 0.1) is 24.3 Å². The maximum atomic E-state index is 14.5. The van der Waals surface area contributed by atoms with Gasteiger partial charge in [-0.25, -0.2) is 14.4 Å². The third-order valence-corrected chi connectivity index (χ3v) is 5.54. The molecule has 0 spiro atoms. The lowest BCUT2D eigenvalue weighted by Gasteiger charge is -2.32. The van der Waals surface area contributed by atoms with Gasteiger partial charge < -0.3 is 15.2 Å². The van der Waals surface area contributed by atoms with Gasteiger partial charge in [0.2, 0.25) is 5.88 Å². The molecular formula is C20H20FN5O2. The van der Waals surface area contributed by atoms with Gasteiger partial charge in [-0.1, -0.05) is 6.07 Å². The van der Waals surface area contributed by atoms with Crippen molar-refractivity contribution in [2.45, 2.75) is 43.6 Å². The van der Waals surface area contributed by atoms with Crippen LogP contribution in [-0.4, -0.2) is 49.6 Å². The lowest BCUT2D eigenvalue weighted by atomic mass is 10.0. The summed E-state index contributed by atoms with van der Waals surface area (Å²) >= 11 is 0. The van der Waals surface area contributed by atoms with Crippen molar-refractivity contribution in [1.29, 1.82) is 0 Å². The van der Waals surface area contributed by atoms with Gasteiger partial charge in [0, 0.05) is 35.8 Å². The molecule has 28 heavy (non-hydrogen) atoms. The Morgan fingerprint density at radius 3 is 2.79 bits per heavy atom. The molecular weight excluding hydrogens is 361 g/mol. The number of alkyl halides is 1. The maximum Gasteiger partial charge on any atom is 0.232 e. The Labute approximate surface area is 161 Å². The predicted molar refractivity (Wildman–Crippen MR) is 101 cm³/mol. The highest BCUT2D eigenvalue weighted by molar-refractivity contribution is 5.73. The van der Waals surface area contributed by atoms with Crippen LogP contribution in [0.4, 0.5) is 4.39 Å². The SMILES string of the molecule is Oc1cc(-c2cn[nH]c2)ccc1-c1cnc(O[C@H]2C[C@@H]3CCC(N3)[C@@H]2F)cn1. The average Bonchev–Trinajstić information content (AvgIpc) is 3.37. The molecule has 2 aliphatic heterocycles. The number of rotatable bonds is 4. The van der Waals surface area contributed by atoms with Gasteiger partial charge in [-0.05, 0) is 30.5 Å². The predicted octanol–water partition coefficient (Wildman–Crippen LogP) is 2.85. The molecule has 7 nitrogen and oxygen atoms in total. The number of halogens is 1. The molecule has 2 saturated heterocycles. The number of ether oxygens (including phenoxy) is 1. The van der Waals surface area contributed by atoms with Gasteiger partial charge in [-0.2, -0.15) is 5.10 Å². The number of H-pyrrole nitrogens is 1. The van der Waals surface area contributed by atoms with Crippen LogP contribution >= 0.6 is 0 Å². The fourth-order valence-corrected chi connectivity index (χ4v) is 4.08. The van der Waals surface area contributed by atoms with Crippen molar-refractivity contribution < 1.29 is 14.2 Å². The van der Waals surface area contributed by atoms with E-state index in [9.17, 15) is 9.50 Å². The molecule has 8 heteroatoms. The van der Waals surface area contributed by atoms with Crippen LogP contribution in [0.2, 0.25) is 0 Å². The number of piperidine rings is 1. The number of aromatic nitrogens is 4. The highest BCUT2D eigenvalue weighted by Gasteiger charge is 2.43. The van der Waals surface area contributed by atoms with E-state index in [1.54, 1.807) is 24.5 Å². The molecule has 2 bridgehead atoms. The minimum Gasteiger partial charge on any atom is -0.507 e. The van der Waals surface area contributed by atoms with E-state index >= 15 is 0 Å². The van der Waals surface area contributed by atoms with Gasteiger partial charge >= 0.3 is 0 Å². The summed E-state index contributed by atoms with van der Waals surface area (Å²) < 4.78 is 20.3. The molecule has 0 radical (unpaired) electrons. The van der Waals surface area contributed by atoms with E-state index in [1.165, 1.54) is 12.4 Å². The van der Waals surface area contributed by atoms with E-state index in [-0.39, 0.29) is 11.8 Å². The fraction of sp³-hybridized carbons (Fsp3) is 0.350. The number of benzene rings is 1.